The Bertz CT molecular complexity index is 182. The van der Waals surface area contributed by atoms with Crippen LogP contribution < -0.4 is 0 Å². The fourth-order valence-electron chi connectivity index (χ4n) is 2.16. The second-order valence-electron chi connectivity index (χ2n) is 3.87. The Morgan fingerprint density at radius 3 is 2.62 bits per heavy atom. The molecule has 0 aromatic rings. The smallest absolute Gasteiger partial charge is 0.308 e. The Labute approximate surface area is 79.7 Å². The zero-order chi connectivity index (χ0) is 9.84. The van der Waals surface area contributed by atoms with Crippen LogP contribution in [-0.2, 0) is 4.79 Å². The van der Waals surface area contributed by atoms with Gasteiger partial charge in [0.2, 0.25) is 0 Å². The molecule has 1 saturated carbocycles. The quantitative estimate of drug-likeness (QED) is 0.725. The summed E-state index contributed by atoms with van der Waals surface area (Å²) in [6.45, 7) is 3.02. The molecule has 0 aromatic carbocycles. The lowest BCUT2D eigenvalue weighted by molar-refractivity contribution is -0.145. The van der Waals surface area contributed by atoms with Gasteiger partial charge in [-0.1, -0.05) is 19.8 Å². The highest BCUT2D eigenvalue weighted by atomic mass is 16.4. The SMILES string of the molecule is CCN(C)C1CCCCC1C(=O)O. The van der Waals surface area contributed by atoms with Crippen LogP contribution in [0.4, 0.5) is 0 Å². The topological polar surface area (TPSA) is 40.5 Å². The summed E-state index contributed by atoms with van der Waals surface area (Å²) in [7, 11) is 2.02. The number of rotatable bonds is 3. The summed E-state index contributed by atoms with van der Waals surface area (Å²) in [6.07, 6.45) is 4.15. The number of hydrogen-bond acceptors (Lipinski definition) is 2. The number of carbonyl (C=O) groups is 1. The van der Waals surface area contributed by atoms with Crippen molar-refractivity contribution >= 4 is 5.97 Å². The summed E-state index contributed by atoms with van der Waals surface area (Å²) in [5.41, 5.74) is 0. The van der Waals surface area contributed by atoms with E-state index in [2.05, 4.69) is 11.8 Å². The predicted octanol–water partition coefficient (Wildman–Crippen LogP) is 1.58. The van der Waals surface area contributed by atoms with Gasteiger partial charge in [-0.2, -0.15) is 0 Å². The molecule has 1 N–H and O–H groups in total. The highest BCUT2D eigenvalue weighted by Crippen LogP contribution is 2.27. The van der Waals surface area contributed by atoms with E-state index in [0.29, 0.717) is 0 Å². The van der Waals surface area contributed by atoms with Crippen molar-refractivity contribution in [2.75, 3.05) is 13.6 Å². The molecular weight excluding hydrogens is 166 g/mol. The van der Waals surface area contributed by atoms with Crippen molar-refractivity contribution in [3.05, 3.63) is 0 Å². The van der Waals surface area contributed by atoms with Crippen LogP contribution in [0.15, 0.2) is 0 Å². The molecule has 1 fully saturated rings. The summed E-state index contributed by atoms with van der Waals surface area (Å²) >= 11 is 0. The predicted molar refractivity (Wildman–Crippen MR) is 51.7 cm³/mol. The van der Waals surface area contributed by atoms with E-state index in [1.807, 2.05) is 7.05 Å². The van der Waals surface area contributed by atoms with Crippen molar-refractivity contribution < 1.29 is 9.90 Å². The Morgan fingerprint density at radius 1 is 1.46 bits per heavy atom. The zero-order valence-electron chi connectivity index (χ0n) is 8.49. The first-order valence-corrected chi connectivity index (χ1v) is 5.09. The molecule has 0 radical (unpaired) electrons. The fraction of sp³-hybridized carbons (Fsp3) is 0.900. The molecule has 0 heterocycles. The Hall–Kier alpha value is -0.570. The molecule has 0 aromatic heterocycles. The van der Waals surface area contributed by atoms with E-state index in [0.717, 1.165) is 25.8 Å². The number of aliphatic carboxylic acids is 1. The second-order valence-corrected chi connectivity index (χ2v) is 3.87. The van der Waals surface area contributed by atoms with Crippen LogP contribution in [0.1, 0.15) is 32.6 Å². The van der Waals surface area contributed by atoms with Crippen LogP contribution in [0.2, 0.25) is 0 Å². The standard InChI is InChI=1S/C10H19NO2/c1-3-11(2)9-7-5-4-6-8(9)10(12)13/h8-9H,3-7H2,1-2H3,(H,12,13). The van der Waals surface area contributed by atoms with E-state index in [1.165, 1.54) is 6.42 Å². The van der Waals surface area contributed by atoms with E-state index in [-0.39, 0.29) is 12.0 Å². The number of carboxylic acid groups (broad SMARTS) is 1. The monoisotopic (exact) mass is 185 g/mol. The molecule has 0 spiro atoms. The van der Waals surface area contributed by atoms with Crippen LogP contribution in [0, 0.1) is 5.92 Å². The highest BCUT2D eigenvalue weighted by Gasteiger charge is 2.32. The summed E-state index contributed by atoms with van der Waals surface area (Å²) in [5, 5.41) is 9.03. The van der Waals surface area contributed by atoms with Gasteiger partial charge in [0, 0.05) is 6.04 Å². The van der Waals surface area contributed by atoms with Gasteiger partial charge < -0.3 is 10.0 Å². The van der Waals surface area contributed by atoms with E-state index in [1.54, 1.807) is 0 Å². The largest absolute Gasteiger partial charge is 0.481 e. The Morgan fingerprint density at radius 2 is 2.08 bits per heavy atom. The van der Waals surface area contributed by atoms with Crippen LogP contribution >= 0.6 is 0 Å². The molecule has 0 saturated heterocycles. The van der Waals surface area contributed by atoms with Gasteiger partial charge in [-0.15, -0.1) is 0 Å². The average molecular weight is 185 g/mol. The van der Waals surface area contributed by atoms with Gasteiger partial charge >= 0.3 is 5.97 Å². The summed E-state index contributed by atoms with van der Waals surface area (Å²) in [5.74, 6) is -0.760. The summed E-state index contributed by atoms with van der Waals surface area (Å²) in [4.78, 5) is 13.1. The van der Waals surface area contributed by atoms with E-state index >= 15 is 0 Å². The third-order valence-electron chi connectivity index (χ3n) is 3.11. The van der Waals surface area contributed by atoms with E-state index in [4.69, 9.17) is 5.11 Å². The van der Waals surface area contributed by atoms with Gasteiger partial charge in [-0.05, 0) is 26.4 Å². The van der Waals surface area contributed by atoms with Crippen molar-refractivity contribution in [3.8, 4) is 0 Å². The number of carboxylic acids is 1. The molecule has 76 valence electrons. The van der Waals surface area contributed by atoms with Crippen molar-refractivity contribution in [3.63, 3.8) is 0 Å². The van der Waals surface area contributed by atoms with E-state index in [9.17, 15) is 4.79 Å². The third kappa shape index (κ3) is 2.44. The first-order chi connectivity index (χ1) is 6.16. The Kier molecular flexibility index (Phi) is 3.72. The summed E-state index contributed by atoms with van der Waals surface area (Å²) < 4.78 is 0. The minimum atomic E-state index is -0.620. The van der Waals surface area contributed by atoms with E-state index < -0.39 is 5.97 Å². The van der Waals surface area contributed by atoms with Gasteiger partial charge in [0.05, 0.1) is 5.92 Å². The molecular formula is C10H19NO2. The maximum Gasteiger partial charge on any atom is 0.308 e. The van der Waals surface area contributed by atoms with Gasteiger partial charge in [0.1, 0.15) is 0 Å². The zero-order valence-corrected chi connectivity index (χ0v) is 8.49. The average Bonchev–Trinajstić information content (AvgIpc) is 2.16. The van der Waals surface area contributed by atoms with Crippen LogP contribution in [0.5, 0.6) is 0 Å². The maximum absolute atomic E-state index is 11.0. The minimum absolute atomic E-state index is 0.140. The number of hydrogen-bond donors (Lipinski definition) is 1. The molecule has 0 aliphatic heterocycles. The van der Waals surface area contributed by atoms with Crippen LogP contribution in [0.25, 0.3) is 0 Å². The van der Waals surface area contributed by atoms with Crippen molar-refractivity contribution in [1.82, 2.24) is 4.90 Å². The normalized spacial score (nSPS) is 29.2. The molecule has 13 heavy (non-hydrogen) atoms. The van der Waals surface area contributed by atoms with Gasteiger partial charge in [0.15, 0.2) is 0 Å². The molecule has 2 unspecified atom stereocenters. The molecule has 1 aliphatic carbocycles. The number of nitrogens with zero attached hydrogens (tertiary/aromatic N) is 1. The summed E-state index contributed by atoms with van der Waals surface area (Å²) in [6, 6.07) is 0.260. The van der Waals surface area contributed by atoms with Crippen molar-refractivity contribution in [2.45, 2.75) is 38.6 Å². The second kappa shape index (κ2) is 4.61. The molecule has 0 amide bonds. The Balaban J connectivity index is 2.61. The molecule has 1 aliphatic rings. The molecule has 3 heteroatoms. The fourth-order valence-corrected chi connectivity index (χ4v) is 2.16. The maximum atomic E-state index is 11.0. The third-order valence-corrected chi connectivity index (χ3v) is 3.11. The van der Waals surface area contributed by atoms with Gasteiger partial charge in [-0.3, -0.25) is 4.79 Å². The lowest BCUT2D eigenvalue weighted by atomic mass is 9.84. The molecule has 0 bridgehead atoms. The van der Waals surface area contributed by atoms with Crippen molar-refractivity contribution in [1.29, 1.82) is 0 Å². The molecule has 2 atom stereocenters. The lowest BCUT2D eigenvalue weighted by Gasteiger charge is -2.35. The molecule has 3 nitrogen and oxygen atoms in total. The van der Waals surface area contributed by atoms with Gasteiger partial charge in [0.25, 0.3) is 0 Å². The van der Waals surface area contributed by atoms with Gasteiger partial charge in [-0.25, -0.2) is 0 Å². The van der Waals surface area contributed by atoms with Crippen LogP contribution in [0.3, 0.4) is 0 Å². The van der Waals surface area contributed by atoms with Crippen molar-refractivity contribution in [2.24, 2.45) is 5.92 Å². The molecule has 1 rings (SSSR count). The minimum Gasteiger partial charge on any atom is -0.481 e. The first kappa shape index (κ1) is 10.5. The first-order valence-electron chi connectivity index (χ1n) is 5.09. The highest BCUT2D eigenvalue weighted by molar-refractivity contribution is 5.71. The lowest BCUT2D eigenvalue weighted by Crippen LogP contribution is -2.43. The van der Waals surface area contributed by atoms with Crippen LogP contribution in [-0.4, -0.2) is 35.6 Å².